The highest BCUT2D eigenvalue weighted by Crippen LogP contribution is 2.19. The SMILES string of the molecule is Cc1cccc2cc(CN(C[C@@H]3CCCO3)C(=S)Nc3ccccc3)c(=O)[nH]c12. The number of ether oxygens (including phenoxy) is 1. The third-order valence-electron chi connectivity index (χ3n) is 5.29. The molecule has 3 aromatic rings. The lowest BCUT2D eigenvalue weighted by Crippen LogP contribution is -2.40. The number of aromatic amines is 1. The van der Waals surface area contributed by atoms with Crippen molar-refractivity contribution in [2.45, 2.75) is 32.4 Å². The highest BCUT2D eigenvalue weighted by Gasteiger charge is 2.22. The summed E-state index contributed by atoms with van der Waals surface area (Å²) in [6, 6.07) is 17.8. The standard InChI is InChI=1S/C23H25N3O2S/c1-16-7-5-8-17-13-18(22(27)25-21(16)17)14-26(15-20-11-6-12-28-20)23(29)24-19-9-3-2-4-10-19/h2-5,7-10,13,20H,6,11-12,14-15H2,1H3,(H,24,29)(H,25,27)/t20-/m0/s1. The first-order chi connectivity index (χ1) is 14.1. The van der Waals surface area contributed by atoms with Crippen molar-refractivity contribution in [2.75, 3.05) is 18.5 Å². The number of benzene rings is 2. The van der Waals surface area contributed by atoms with E-state index in [1.165, 1.54) is 0 Å². The third kappa shape index (κ3) is 4.66. The van der Waals surface area contributed by atoms with Crippen molar-refractivity contribution >= 4 is 33.9 Å². The molecule has 1 atom stereocenters. The van der Waals surface area contributed by atoms with Crippen LogP contribution in [0.4, 0.5) is 5.69 Å². The Morgan fingerprint density at radius 2 is 2.07 bits per heavy atom. The minimum Gasteiger partial charge on any atom is -0.376 e. The van der Waals surface area contributed by atoms with Crippen molar-refractivity contribution < 1.29 is 4.74 Å². The fourth-order valence-corrected chi connectivity index (χ4v) is 3.99. The largest absolute Gasteiger partial charge is 0.376 e. The van der Waals surface area contributed by atoms with Gasteiger partial charge in [-0.05, 0) is 61.1 Å². The molecular weight excluding hydrogens is 382 g/mol. The molecule has 1 aliphatic heterocycles. The van der Waals surface area contributed by atoms with Crippen LogP contribution in [0.1, 0.15) is 24.0 Å². The molecule has 4 rings (SSSR count). The first kappa shape index (κ1) is 19.6. The summed E-state index contributed by atoms with van der Waals surface area (Å²) < 4.78 is 5.82. The summed E-state index contributed by atoms with van der Waals surface area (Å²) in [4.78, 5) is 17.8. The van der Waals surface area contributed by atoms with Gasteiger partial charge in [0.1, 0.15) is 0 Å². The number of H-pyrrole nitrogens is 1. The van der Waals surface area contributed by atoms with E-state index in [1.807, 2.05) is 66.4 Å². The molecular formula is C23H25N3O2S. The lowest BCUT2D eigenvalue weighted by molar-refractivity contribution is 0.0904. The Hall–Kier alpha value is -2.70. The minimum atomic E-state index is -0.0772. The first-order valence-corrected chi connectivity index (χ1v) is 10.3. The quantitative estimate of drug-likeness (QED) is 0.621. The Labute approximate surface area is 175 Å². The van der Waals surface area contributed by atoms with E-state index in [4.69, 9.17) is 17.0 Å². The van der Waals surface area contributed by atoms with Gasteiger partial charge < -0.3 is 19.9 Å². The van der Waals surface area contributed by atoms with Crippen molar-refractivity contribution in [3.8, 4) is 0 Å². The van der Waals surface area contributed by atoms with Gasteiger partial charge in [0.25, 0.3) is 5.56 Å². The van der Waals surface area contributed by atoms with Gasteiger partial charge in [0.15, 0.2) is 5.11 Å². The molecule has 1 aromatic heterocycles. The summed E-state index contributed by atoms with van der Waals surface area (Å²) >= 11 is 5.70. The third-order valence-corrected chi connectivity index (χ3v) is 5.65. The smallest absolute Gasteiger partial charge is 0.253 e. The number of anilines is 1. The highest BCUT2D eigenvalue weighted by molar-refractivity contribution is 7.80. The lowest BCUT2D eigenvalue weighted by atomic mass is 10.1. The first-order valence-electron chi connectivity index (χ1n) is 9.94. The number of aromatic nitrogens is 1. The van der Waals surface area contributed by atoms with Crippen LogP contribution in [0.3, 0.4) is 0 Å². The van der Waals surface area contributed by atoms with Gasteiger partial charge in [0.2, 0.25) is 0 Å². The molecule has 0 aliphatic carbocycles. The van der Waals surface area contributed by atoms with E-state index >= 15 is 0 Å². The average Bonchev–Trinajstić information content (AvgIpc) is 3.23. The molecule has 5 nitrogen and oxygen atoms in total. The molecule has 29 heavy (non-hydrogen) atoms. The Bertz CT molecular complexity index is 1060. The second-order valence-corrected chi connectivity index (χ2v) is 7.86. The van der Waals surface area contributed by atoms with Crippen LogP contribution in [0.5, 0.6) is 0 Å². The average molecular weight is 408 g/mol. The Morgan fingerprint density at radius 1 is 1.24 bits per heavy atom. The van der Waals surface area contributed by atoms with Crippen LogP contribution in [0.15, 0.2) is 59.4 Å². The molecule has 0 radical (unpaired) electrons. The van der Waals surface area contributed by atoms with Crippen LogP contribution >= 0.6 is 12.2 Å². The lowest BCUT2D eigenvalue weighted by Gasteiger charge is -2.28. The second-order valence-electron chi connectivity index (χ2n) is 7.47. The summed E-state index contributed by atoms with van der Waals surface area (Å²) in [5.41, 5.74) is 3.49. The number of pyridine rings is 1. The van der Waals surface area contributed by atoms with Gasteiger partial charge in [-0.3, -0.25) is 4.79 Å². The summed E-state index contributed by atoms with van der Waals surface area (Å²) in [7, 11) is 0. The summed E-state index contributed by atoms with van der Waals surface area (Å²) in [5.74, 6) is 0. The van der Waals surface area contributed by atoms with E-state index < -0.39 is 0 Å². The zero-order chi connectivity index (χ0) is 20.2. The van der Waals surface area contributed by atoms with Gasteiger partial charge in [-0.2, -0.15) is 0 Å². The van der Waals surface area contributed by atoms with Crippen LogP contribution in [-0.4, -0.2) is 34.3 Å². The Morgan fingerprint density at radius 3 is 2.83 bits per heavy atom. The van der Waals surface area contributed by atoms with E-state index in [9.17, 15) is 4.79 Å². The zero-order valence-electron chi connectivity index (χ0n) is 16.5. The Kier molecular flexibility index (Phi) is 5.92. The summed E-state index contributed by atoms with van der Waals surface area (Å²) in [6.07, 6.45) is 2.21. The number of hydrogen-bond donors (Lipinski definition) is 2. The van der Waals surface area contributed by atoms with Gasteiger partial charge in [-0.1, -0.05) is 36.4 Å². The number of para-hydroxylation sites is 2. The maximum Gasteiger partial charge on any atom is 0.253 e. The maximum atomic E-state index is 12.8. The molecule has 6 heteroatoms. The van der Waals surface area contributed by atoms with Crippen LogP contribution in [-0.2, 0) is 11.3 Å². The predicted octanol–water partition coefficient (Wildman–Crippen LogP) is 4.21. The maximum absolute atomic E-state index is 12.8. The highest BCUT2D eigenvalue weighted by atomic mass is 32.1. The number of aryl methyl sites for hydroxylation is 1. The van der Waals surface area contributed by atoms with Gasteiger partial charge in [0, 0.05) is 24.4 Å². The van der Waals surface area contributed by atoms with Crippen molar-refractivity contribution in [3.63, 3.8) is 0 Å². The van der Waals surface area contributed by atoms with E-state index in [-0.39, 0.29) is 11.7 Å². The zero-order valence-corrected chi connectivity index (χ0v) is 17.3. The summed E-state index contributed by atoms with van der Waals surface area (Å²) in [6.45, 7) is 3.87. The molecule has 150 valence electrons. The molecule has 0 unspecified atom stereocenters. The fraction of sp³-hybridized carbons (Fsp3) is 0.304. The number of rotatable bonds is 5. The van der Waals surface area contributed by atoms with Crippen LogP contribution < -0.4 is 10.9 Å². The predicted molar refractivity (Wildman–Crippen MR) is 121 cm³/mol. The van der Waals surface area contributed by atoms with Crippen molar-refractivity contribution in [3.05, 3.63) is 76.1 Å². The van der Waals surface area contributed by atoms with E-state index in [0.29, 0.717) is 23.8 Å². The molecule has 1 saturated heterocycles. The van der Waals surface area contributed by atoms with Gasteiger partial charge >= 0.3 is 0 Å². The number of nitrogens with one attached hydrogen (secondary N) is 2. The number of nitrogens with zero attached hydrogens (tertiary/aromatic N) is 1. The Balaban J connectivity index is 1.60. The fourth-order valence-electron chi connectivity index (χ4n) is 3.73. The van der Waals surface area contributed by atoms with Gasteiger partial charge in [-0.15, -0.1) is 0 Å². The topological polar surface area (TPSA) is 57.4 Å². The van der Waals surface area contributed by atoms with Gasteiger partial charge in [-0.25, -0.2) is 0 Å². The van der Waals surface area contributed by atoms with E-state index in [2.05, 4.69) is 10.3 Å². The molecule has 0 saturated carbocycles. The number of fused-ring (bicyclic) bond motifs is 1. The molecule has 0 bridgehead atoms. The molecule has 2 heterocycles. The van der Waals surface area contributed by atoms with Crippen LogP contribution in [0, 0.1) is 6.92 Å². The second kappa shape index (κ2) is 8.76. The minimum absolute atomic E-state index is 0.0772. The van der Waals surface area contributed by atoms with Crippen LogP contribution in [0.2, 0.25) is 0 Å². The normalized spacial score (nSPS) is 16.1. The summed E-state index contributed by atoms with van der Waals surface area (Å²) in [5, 5.41) is 4.91. The monoisotopic (exact) mass is 407 g/mol. The molecule has 0 spiro atoms. The number of hydrogen-bond acceptors (Lipinski definition) is 3. The van der Waals surface area contributed by atoms with E-state index in [1.54, 1.807) is 0 Å². The molecule has 2 aromatic carbocycles. The van der Waals surface area contributed by atoms with E-state index in [0.717, 1.165) is 41.6 Å². The number of thiocarbonyl (C=S) groups is 1. The van der Waals surface area contributed by atoms with Crippen molar-refractivity contribution in [1.82, 2.24) is 9.88 Å². The van der Waals surface area contributed by atoms with Crippen LogP contribution in [0.25, 0.3) is 10.9 Å². The van der Waals surface area contributed by atoms with Gasteiger partial charge in [0.05, 0.1) is 18.2 Å². The molecule has 1 fully saturated rings. The molecule has 2 N–H and O–H groups in total. The van der Waals surface area contributed by atoms with Crippen molar-refractivity contribution in [2.24, 2.45) is 0 Å². The van der Waals surface area contributed by atoms with Crippen molar-refractivity contribution in [1.29, 1.82) is 0 Å². The molecule has 0 amide bonds. The molecule has 1 aliphatic rings.